The fourth-order valence-electron chi connectivity index (χ4n) is 2.74. The van der Waals surface area contributed by atoms with Crippen LogP contribution in [0.5, 0.6) is 0 Å². The fraction of sp³-hybridized carbons (Fsp3) is 0.250. The van der Waals surface area contributed by atoms with Crippen LogP contribution in [0.2, 0.25) is 0 Å². The molecule has 0 aliphatic carbocycles. The summed E-state index contributed by atoms with van der Waals surface area (Å²) < 4.78 is 5.66. The van der Waals surface area contributed by atoms with E-state index in [9.17, 15) is 4.79 Å². The molecule has 0 bridgehead atoms. The summed E-state index contributed by atoms with van der Waals surface area (Å²) in [6.45, 7) is 6.03. The van der Waals surface area contributed by atoms with E-state index in [-0.39, 0.29) is 5.91 Å². The van der Waals surface area contributed by atoms with E-state index in [1.54, 1.807) is 0 Å². The number of aryl methyl sites for hydroxylation is 4. The Kier molecular flexibility index (Phi) is 4.93. The van der Waals surface area contributed by atoms with Crippen molar-refractivity contribution in [2.75, 3.05) is 5.32 Å². The van der Waals surface area contributed by atoms with Gasteiger partial charge in [-0.05, 0) is 56.2 Å². The van der Waals surface area contributed by atoms with Crippen LogP contribution in [0.25, 0.3) is 11.5 Å². The minimum Gasteiger partial charge on any atom is -0.421 e. The number of hydrogen-bond donors (Lipinski definition) is 1. The van der Waals surface area contributed by atoms with Crippen LogP contribution >= 0.6 is 0 Å². The Labute approximate surface area is 147 Å². The van der Waals surface area contributed by atoms with E-state index < -0.39 is 0 Å². The van der Waals surface area contributed by atoms with Gasteiger partial charge in [-0.2, -0.15) is 0 Å². The monoisotopic (exact) mass is 335 g/mol. The van der Waals surface area contributed by atoms with Crippen molar-refractivity contribution in [1.29, 1.82) is 0 Å². The number of nitrogens with zero attached hydrogens (tertiary/aromatic N) is 2. The lowest BCUT2D eigenvalue weighted by Gasteiger charge is -2.06. The Morgan fingerprint density at radius 1 is 1.00 bits per heavy atom. The van der Waals surface area contributed by atoms with Crippen LogP contribution in [0.3, 0.4) is 0 Å². The van der Waals surface area contributed by atoms with Crippen LogP contribution in [0.4, 0.5) is 5.69 Å². The van der Waals surface area contributed by atoms with Crippen molar-refractivity contribution in [3.63, 3.8) is 0 Å². The van der Waals surface area contributed by atoms with Crippen molar-refractivity contribution in [2.24, 2.45) is 0 Å². The second-order valence-electron chi connectivity index (χ2n) is 6.29. The summed E-state index contributed by atoms with van der Waals surface area (Å²) in [5, 5.41) is 11.0. The zero-order valence-electron chi connectivity index (χ0n) is 14.7. The van der Waals surface area contributed by atoms with Gasteiger partial charge in [-0.25, -0.2) is 0 Å². The lowest BCUT2D eigenvalue weighted by Crippen LogP contribution is -2.12. The van der Waals surface area contributed by atoms with Crippen molar-refractivity contribution < 1.29 is 9.21 Å². The molecule has 3 aromatic rings. The third-order valence-electron chi connectivity index (χ3n) is 3.80. The molecule has 128 valence electrons. The van der Waals surface area contributed by atoms with Gasteiger partial charge in [0.15, 0.2) is 0 Å². The third kappa shape index (κ3) is 4.53. The van der Waals surface area contributed by atoms with Gasteiger partial charge < -0.3 is 9.73 Å². The largest absolute Gasteiger partial charge is 0.421 e. The zero-order chi connectivity index (χ0) is 17.8. The minimum atomic E-state index is -0.0692. The molecule has 0 spiro atoms. The molecule has 3 rings (SSSR count). The Balaban J connectivity index is 1.59. The summed E-state index contributed by atoms with van der Waals surface area (Å²) in [5.74, 6) is 0.876. The molecule has 2 aromatic carbocycles. The van der Waals surface area contributed by atoms with Gasteiger partial charge in [0.1, 0.15) is 0 Å². The number of carbonyl (C=O) groups is 1. The van der Waals surface area contributed by atoms with Crippen molar-refractivity contribution >= 4 is 11.6 Å². The topological polar surface area (TPSA) is 68.0 Å². The zero-order valence-corrected chi connectivity index (χ0v) is 14.7. The molecule has 0 radical (unpaired) electrons. The highest BCUT2D eigenvalue weighted by Crippen LogP contribution is 2.19. The fourth-order valence-corrected chi connectivity index (χ4v) is 2.74. The van der Waals surface area contributed by atoms with E-state index in [0.29, 0.717) is 24.6 Å². The predicted octanol–water partition coefficient (Wildman–Crippen LogP) is 4.23. The van der Waals surface area contributed by atoms with Gasteiger partial charge in [0.2, 0.25) is 17.7 Å². The SMILES string of the molecule is Cc1cc(C)cc(NC(=O)CCc2nnc(-c3cccc(C)c3)o2)c1. The number of hydrogen-bond acceptors (Lipinski definition) is 4. The highest BCUT2D eigenvalue weighted by molar-refractivity contribution is 5.90. The maximum atomic E-state index is 12.1. The summed E-state index contributed by atoms with van der Waals surface area (Å²) in [6.07, 6.45) is 0.706. The number of rotatable bonds is 5. The summed E-state index contributed by atoms with van der Waals surface area (Å²) in [6, 6.07) is 13.9. The molecule has 1 aromatic heterocycles. The maximum Gasteiger partial charge on any atom is 0.247 e. The number of nitrogens with one attached hydrogen (secondary N) is 1. The summed E-state index contributed by atoms with van der Waals surface area (Å²) in [5.41, 5.74) is 5.07. The second kappa shape index (κ2) is 7.30. The Hall–Kier alpha value is -2.95. The highest BCUT2D eigenvalue weighted by atomic mass is 16.4. The molecular weight excluding hydrogens is 314 g/mol. The third-order valence-corrected chi connectivity index (χ3v) is 3.80. The quantitative estimate of drug-likeness (QED) is 0.757. The molecule has 1 heterocycles. The molecule has 1 N–H and O–H groups in total. The minimum absolute atomic E-state index is 0.0692. The van der Waals surface area contributed by atoms with Gasteiger partial charge in [-0.3, -0.25) is 4.79 Å². The van der Waals surface area contributed by atoms with E-state index in [2.05, 4.69) is 21.6 Å². The first kappa shape index (κ1) is 16.9. The van der Waals surface area contributed by atoms with Crippen LogP contribution in [0.15, 0.2) is 46.9 Å². The number of carbonyl (C=O) groups excluding carboxylic acids is 1. The first-order chi connectivity index (χ1) is 12.0. The van der Waals surface area contributed by atoms with E-state index in [1.807, 2.05) is 57.2 Å². The van der Waals surface area contributed by atoms with Gasteiger partial charge in [0, 0.05) is 24.1 Å². The molecule has 0 saturated heterocycles. The molecular formula is C20H21N3O2. The molecule has 1 amide bonds. The Bertz CT molecular complexity index is 879. The van der Waals surface area contributed by atoms with Gasteiger partial charge in [-0.1, -0.05) is 23.8 Å². The first-order valence-electron chi connectivity index (χ1n) is 8.27. The molecule has 0 saturated carbocycles. The molecule has 0 unspecified atom stereocenters. The molecule has 0 fully saturated rings. The smallest absolute Gasteiger partial charge is 0.247 e. The summed E-state index contributed by atoms with van der Waals surface area (Å²) >= 11 is 0. The Morgan fingerprint density at radius 3 is 2.48 bits per heavy atom. The van der Waals surface area contributed by atoms with Gasteiger partial charge in [0.25, 0.3) is 0 Å². The first-order valence-corrected chi connectivity index (χ1v) is 8.27. The van der Waals surface area contributed by atoms with Crippen molar-refractivity contribution in [3.8, 4) is 11.5 Å². The summed E-state index contributed by atoms with van der Waals surface area (Å²) in [7, 11) is 0. The van der Waals surface area contributed by atoms with E-state index >= 15 is 0 Å². The normalized spacial score (nSPS) is 10.7. The van der Waals surface area contributed by atoms with Crippen LogP contribution < -0.4 is 5.32 Å². The average Bonchev–Trinajstić information content (AvgIpc) is 3.01. The molecule has 0 aliphatic heterocycles. The molecule has 0 aliphatic rings. The maximum absolute atomic E-state index is 12.1. The lowest BCUT2D eigenvalue weighted by atomic mass is 10.1. The van der Waals surface area contributed by atoms with Gasteiger partial charge in [-0.15, -0.1) is 10.2 Å². The number of amides is 1. The van der Waals surface area contributed by atoms with E-state index in [1.165, 1.54) is 0 Å². The van der Waals surface area contributed by atoms with Gasteiger partial charge >= 0.3 is 0 Å². The average molecular weight is 335 g/mol. The lowest BCUT2D eigenvalue weighted by molar-refractivity contribution is -0.116. The molecule has 5 heteroatoms. The van der Waals surface area contributed by atoms with Crippen molar-refractivity contribution in [1.82, 2.24) is 10.2 Å². The molecule has 0 atom stereocenters. The number of aromatic nitrogens is 2. The number of anilines is 1. The van der Waals surface area contributed by atoms with Crippen LogP contribution in [-0.4, -0.2) is 16.1 Å². The molecule has 25 heavy (non-hydrogen) atoms. The van der Waals surface area contributed by atoms with Crippen molar-refractivity contribution in [2.45, 2.75) is 33.6 Å². The van der Waals surface area contributed by atoms with E-state index in [0.717, 1.165) is 27.9 Å². The summed E-state index contributed by atoms with van der Waals surface area (Å²) in [4.78, 5) is 12.1. The standard InChI is InChI=1S/C20H21N3O2/c1-13-5-4-6-16(10-13)20-23-22-19(25-20)8-7-18(24)21-17-11-14(2)9-15(3)12-17/h4-6,9-12H,7-8H2,1-3H3,(H,21,24). The Morgan fingerprint density at radius 2 is 1.76 bits per heavy atom. The van der Waals surface area contributed by atoms with Crippen molar-refractivity contribution in [3.05, 3.63) is 65.0 Å². The van der Waals surface area contributed by atoms with Crippen LogP contribution in [0, 0.1) is 20.8 Å². The highest BCUT2D eigenvalue weighted by Gasteiger charge is 2.11. The number of benzene rings is 2. The van der Waals surface area contributed by atoms with E-state index in [4.69, 9.17) is 4.42 Å². The molecule has 5 nitrogen and oxygen atoms in total. The van der Waals surface area contributed by atoms with Crippen LogP contribution in [0.1, 0.15) is 29.0 Å². The second-order valence-corrected chi connectivity index (χ2v) is 6.29. The van der Waals surface area contributed by atoms with Gasteiger partial charge in [0.05, 0.1) is 0 Å². The predicted molar refractivity (Wildman–Crippen MR) is 97.3 cm³/mol. The van der Waals surface area contributed by atoms with Crippen LogP contribution in [-0.2, 0) is 11.2 Å².